The first-order valence-electron chi connectivity index (χ1n) is 10.9. The molecule has 2 atom stereocenters. The third-order valence-electron chi connectivity index (χ3n) is 6.70. The zero-order valence-electron chi connectivity index (χ0n) is 18.3. The van der Waals surface area contributed by atoms with Gasteiger partial charge in [0.25, 0.3) is 0 Å². The molecule has 0 spiro atoms. The highest BCUT2D eigenvalue weighted by molar-refractivity contribution is 5.77. The van der Waals surface area contributed by atoms with Crippen LogP contribution in [0.3, 0.4) is 0 Å². The van der Waals surface area contributed by atoms with Crippen molar-refractivity contribution in [1.29, 1.82) is 0 Å². The average molecular weight is 440 g/mol. The maximum Gasteiger partial charge on any atom is 0.431 e. The van der Waals surface area contributed by atoms with Crippen molar-refractivity contribution < 1.29 is 18.3 Å². The van der Waals surface area contributed by atoms with Crippen molar-refractivity contribution in [3.05, 3.63) is 30.1 Å². The van der Waals surface area contributed by atoms with Crippen molar-refractivity contribution in [3.8, 4) is 0 Å². The Labute approximate surface area is 180 Å². The zero-order valence-corrected chi connectivity index (χ0v) is 18.3. The summed E-state index contributed by atoms with van der Waals surface area (Å²) >= 11 is 0. The van der Waals surface area contributed by atoms with Crippen molar-refractivity contribution in [3.63, 3.8) is 0 Å². The van der Waals surface area contributed by atoms with E-state index in [-0.39, 0.29) is 17.6 Å². The predicted molar refractivity (Wildman–Crippen MR) is 113 cm³/mol. The van der Waals surface area contributed by atoms with Crippen LogP contribution in [0.1, 0.15) is 39.3 Å². The number of hydrogen-bond acceptors (Lipinski definition) is 5. The molecule has 172 valence electrons. The lowest BCUT2D eigenvalue weighted by atomic mass is 9.79. The highest BCUT2D eigenvalue weighted by Gasteiger charge is 2.41. The number of likely N-dealkylation sites (tertiary alicyclic amines) is 1. The summed E-state index contributed by atoms with van der Waals surface area (Å²) in [7, 11) is 0. The fraction of sp³-hybridized carbons (Fsp3) is 0.682. The molecular formula is C22H32F3N5O. The molecule has 2 aliphatic heterocycles. The zero-order chi connectivity index (χ0) is 22.4. The molecule has 2 aliphatic rings. The Morgan fingerprint density at radius 3 is 2.58 bits per heavy atom. The van der Waals surface area contributed by atoms with E-state index in [0.29, 0.717) is 43.3 Å². The van der Waals surface area contributed by atoms with E-state index in [4.69, 9.17) is 0 Å². The molecule has 0 saturated carbocycles. The predicted octanol–water partition coefficient (Wildman–Crippen LogP) is 3.02. The van der Waals surface area contributed by atoms with Gasteiger partial charge in [-0.25, -0.2) is 4.98 Å². The number of piperidine rings is 1. The second-order valence-corrected chi connectivity index (χ2v) is 10.2. The van der Waals surface area contributed by atoms with E-state index >= 15 is 0 Å². The molecule has 2 aromatic heterocycles. The van der Waals surface area contributed by atoms with Crippen molar-refractivity contribution in [2.45, 2.75) is 58.0 Å². The number of fused-ring (bicyclic) bond motifs is 1. The van der Waals surface area contributed by atoms with Crippen molar-refractivity contribution in [2.24, 2.45) is 11.3 Å². The lowest BCUT2D eigenvalue weighted by molar-refractivity contribution is -0.145. The molecule has 4 rings (SSSR count). The Bertz CT molecular complexity index is 912. The molecule has 9 heteroatoms. The molecule has 6 nitrogen and oxygen atoms in total. The van der Waals surface area contributed by atoms with Gasteiger partial charge in [-0.3, -0.25) is 10.9 Å². The van der Waals surface area contributed by atoms with Gasteiger partial charge in [-0.15, -0.1) is 0 Å². The van der Waals surface area contributed by atoms with Gasteiger partial charge in [0, 0.05) is 49.7 Å². The number of nitrogens with zero attached hydrogens (tertiary/aromatic N) is 3. The second kappa shape index (κ2) is 8.03. The van der Waals surface area contributed by atoms with Crippen LogP contribution in [0.5, 0.6) is 0 Å². The first kappa shape index (κ1) is 22.5. The molecule has 3 N–H and O–H groups in total. The number of nitrogens with one attached hydrogen (secondary N) is 2. The lowest BCUT2D eigenvalue weighted by Gasteiger charge is -2.41. The number of alkyl halides is 3. The fourth-order valence-corrected chi connectivity index (χ4v) is 5.05. The van der Waals surface area contributed by atoms with Crippen LogP contribution in [0, 0.1) is 11.3 Å². The van der Waals surface area contributed by atoms with Crippen LogP contribution in [0.15, 0.2) is 24.4 Å². The average Bonchev–Trinajstić information content (AvgIpc) is 3.28. The van der Waals surface area contributed by atoms with Crippen LogP contribution in [-0.2, 0) is 12.7 Å². The van der Waals surface area contributed by atoms with E-state index in [1.165, 1.54) is 6.20 Å². The van der Waals surface area contributed by atoms with E-state index in [1.54, 1.807) is 12.1 Å². The molecule has 2 aromatic rings. The minimum absolute atomic E-state index is 0.104. The van der Waals surface area contributed by atoms with Gasteiger partial charge in [0.1, 0.15) is 11.3 Å². The minimum Gasteiger partial charge on any atom is -0.388 e. The van der Waals surface area contributed by atoms with Crippen LogP contribution in [0.2, 0.25) is 0 Å². The van der Waals surface area contributed by atoms with Crippen molar-refractivity contribution in [2.75, 3.05) is 26.2 Å². The summed E-state index contributed by atoms with van der Waals surface area (Å²) in [6, 6.07) is 4.71. The number of hydrazine groups is 1. The summed E-state index contributed by atoms with van der Waals surface area (Å²) in [4.78, 5) is 6.48. The molecule has 0 radical (unpaired) electrons. The molecule has 0 aliphatic carbocycles. The van der Waals surface area contributed by atoms with E-state index in [0.717, 1.165) is 23.7 Å². The van der Waals surface area contributed by atoms with Gasteiger partial charge in [-0.1, -0.05) is 20.8 Å². The highest BCUT2D eigenvalue weighted by atomic mass is 19.4. The Kier molecular flexibility index (Phi) is 5.83. The standard InChI is InChI=1S/C22H32F3N5O/c1-20(2,3)18-16(12-27-28-18)13-29-9-6-21(31,7-10-29)14-30-17(22(23,24)25)11-15-5-4-8-26-19(15)30/h4-5,8,11,16,18,27-28,31H,6-7,9-10,12-14H2,1-3H3. The van der Waals surface area contributed by atoms with Crippen LogP contribution in [0.25, 0.3) is 11.0 Å². The Morgan fingerprint density at radius 1 is 1.23 bits per heavy atom. The van der Waals surface area contributed by atoms with Crippen molar-refractivity contribution >= 4 is 11.0 Å². The molecule has 2 unspecified atom stereocenters. The number of halogens is 3. The molecule has 0 amide bonds. The smallest absolute Gasteiger partial charge is 0.388 e. The molecule has 2 saturated heterocycles. The van der Waals surface area contributed by atoms with Gasteiger partial charge >= 0.3 is 6.18 Å². The first-order valence-corrected chi connectivity index (χ1v) is 10.9. The minimum atomic E-state index is -4.50. The van der Waals surface area contributed by atoms with Gasteiger partial charge in [-0.05, 0) is 36.5 Å². The number of rotatable bonds is 4. The molecule has 4 heterocycles. The summed E-state index contributed by atoms with van der Waals surface area (Å²) in [5.74, 6) is 0.445. The van der Waals surface area contributed by atoms with Crippen LogP contribution in [0.4, 0.5) is 13.2 Å². The molecule has 0 bridgehead atoms. The van der Waals surface area contributed by atoms with E-state index in [2.05, 4.69) is 41.5 Å². The van der Waals surface area contributed by atoms with E-state index in [1.807, 2.05) is 0 Å². The van der Waals surface area contributed by atoms with Gasteiger partial charge in [0.05, 0.1) is 12.1 Å². The summed E-state index contributed by atoms with van der Waals surface area (Å²) in [6.07, 6.45) is -2.14. The molecular weight excluding hydrogens is 407 g/mol. The maximum atomic E-state index is 13.6. The van der Waals surface area contributed by atoms with Crippen molar-refractivity contribution in [1.82, 2.24) is 25.3 Å². The van der Waals surface area contributed by atoms with Gasteiger partial charge in [0.15, 0.2) is 0 Å². The third kappa shape index (κ3) is 4.74. The number of pyridine rings is 1. The van der Waals surface area contributed by atoms with Crippen LogP contribution < -0.4 is 10.9 Å². The van der Waals surface area contributed by atoms with Crippen LogP contribution in [-0.4, -0.2) is 57.4 Å². The largest absolute Gasteiger partial charge is 0.431 e. The Morgan fingerprint density at radius 2 is 1.94 bits per heavy atom. The van der Waals surface area contributed by atoms with Gasteiger partial charge < -0.3 is 14.6 Å². The monoisotopic (exact) mass is 439 g/mol. The van der Waals surface area contributed by atoms with Crippen LogP contribution >= 0.6 is 0 Å². The normalized spacial score (nSPS) is 25.4. The second-order valence-electron chi connectivity index (χ2n) is 10.2. The highest BCUT2D eigenvalue weighted by Crippen LogP contribution is 2.36. The van der Waals surface area contributed by atoms with E-state index in [9.17, 15) is 18.3 Å². The SMILES string of the molecule is CC(C)(C)C1NNCC1CN1CCC(O)(Cn2c(C(F)(F)F)cc3cccnc32)CC1. The summed E-state index contributed by atoms with van der Waals surface area (Å²) in [5, 5.41) is 11.6. The lowest BCUT2D eigenvalue weighted by Crippen LogP contribution is -2.50. The summed E-state index contributed by atoms with van der Waals surface area (Å²) in [6.45, 7) is 9.66. The van der Waals surface area contributed by atoms with E-state index < -0.39 is 17.5 Å². The number of aromatic nitrogens is 2. The molecule has 2 fully saturated rings. The van der Waals surface area contributed by atoms with Gasteiger partial charge in [0.2, 0.25) is 0 Å². The summed E-state index contributed by atoms with van der Waals surface area (Å²) in [5.41, 5.74) is 5.09. The number of aliphatic hydroxyl groups is 1. The molecule has 0 aromatic carbocycles. The van der Waals surface area contributed by atoms with Gasteiger partial charge in [-0.2, -0.15) is 13.2 Å². The maximum absolute atomic E-state index is 13.6. The summed E-state index contributed by atoms with van der Waals surface area (Å²) < 4.78 is 42.1. The molecule has 31 heavy (non-hydrogen) atoms. The quantitative estimate of drug-likeness (QED) is 0.684. The Hall–Kier alpha value is -1.68. The topological polar surface area (TPSA) is 65.3 Å². The first-order chi connectivity index (χ1) is 14.5. The fourth-order valence-electron chi connectivity index (χ4n) is 5.05. The number of hydrogen-bond donors (Lipinski definition) is 3. The third-order valence-corrected chi connectivity index (χ3v) is 6.70. The Balaban J connectivity index is 1.45.